The molecule has 1 aliphatic rings. The zero-order chi connectivity index (χ0) is 14.4. The molecule has 0 aromatic carbocycles. The van der Waals surface area contributed by atoms with Crippen LogP contribution in [0.2, 0.25) is 0 Å². The average molecular weight is 317 g/mol. The van der Waals surface area contributed by atoms with Crippen LogP contribution in [0.1, 0.15) is 26.7 Å². The number of allylic oxidation sites excluding steroid dienone is 1. The normalized spacial score (nSPS) is 31.0. The number of hydrogen-bond acceptors (Lipinski definition) is 4. The van der Waals surface area contributed by atoms with Crippen molar-refractivity contribution in [3.63, 3.8) is 0 Å². The molecule has 7 nitrogen and oxygen atoms in total. The van der Waals surface area contributed by atoms with Crippen molar-refractivity contribution < 1.29 is 32.8 Å². The molecule has 19 heavy (non-hydrogen) atoms. The van der Waals surface area contributed by atoms with Crippen molar-refractivity contribution in [2.45, 2.75) is 26.7 Å². The second-order valence-electron chi connectivity index (χ2n) is 5.03. The van der Waals surface area contributed by atoms with Gasteiger partial charge in [-0.3, -0.25) is 14.1 Å². The van der Waals surface area contributed by atoms with Crippen molar-refractivity contribution >= 4 is 73.4 Å². The third kappa shape index (κ3) is 4.10. The van der Waals surface area contributed by atoms with Gasteiger partial charge in [0, 0.05) is 57.8 Å². The zero-order valence-corrected chi connectivity index (χ0v) is 14.8. The second-order valence-corrected chi connectivity index (χ2v) is 6.50. The minimum Gasteiger partial charge on any atom is -0.481 e. The maximum atomic E-state index is 11.2. The van der Waals surface area contributed by atoms with Gasteiger partial charge in [-0.2, -0.15) is 8.42 Å². The van der Waals surface area contributed by atoms with E-state index in [1.807, 2.05) is 0 Å². The van der Waals surface area contributed by atoms with Crippen molar-refractivity contribution in [1.29, 1.82) is 0 Å². The summed E-state index contributed by atoms with van der Waals surface area (Å²) in [5, 5.41) is 18.2. The number of aliphatic carboxylic acids is 2. The molecule has 0 aromatic rings. The van der Waals surface area contributed by atoms with E-state index in [9.17, 15) is 18.0 Å². The number of carboxylic acids is 2. The Morgan fingerprint density at radius 1 is 1.21 bits per heavy atom. The molecule has 0 amide bonds. The molecule has 103 valence electrons. The van der Waals surface area contributed by atoms with Crippen molar-refractivity contribution in [3.05, 3.63) is 11.0 Å². The Labute approximate surface area is 153 Å². The summed E-state index contributed by atoms with van der Waals surface area (Å²) in [7, 11) is -4.60. The van der Waals surface area contributed by atoms with Crippen LogP contribution >= 0.6 is 0 Å². The van der Waals surface area contributed by atoms with Gasteiger partial charge in [-0.1, -0.05) is 6.08 Å². The Bertz CT molecular complexity index is 538. The first-order valence-electron chi connectivity index (χ1n) is 5.07. The van der Waals surface area contributed by atoms with Crippen LogP contribution in [0.15, 0.2) is 11.0 Å². The smallest absolute Gasteiger partial charge is 0.313 e. The predicted molar refractivity (Wildman–Crippen MR) is 66.1 cm³/mol. The summed E-state index contributed by atoms with van der Waals surface area (Å²) in [6.07, 6.45) is 0.239. The van der Waals surface area contributed by atoms with E-state index in [0.717, 1.165) is 6.08 Å². The molecule has 0 spiro atoms. The Morgan fingerprint density at radius 3 is 2.00 bits per heavy atom. The summed E-state index contributed by atoms with van der Waals surface area (Å²) >= 11 is 0. The minimum absolute atomic E-state index is 0. The average Bonchev–Trinajstić information content (AvgIpc) is 2.14. The van der Waals surface area contributed by atoms with Crippen LogP contribution < -0.4 is 0 Å². The molecule has 2 atom stereocenters. The molecule has 1 aliphatic carbocycles. The van der Waals surface area contributed by atoms with Gasteiger partial charge in [0.25, 0.3) is 10.1 Å². The molecule has 9 heteroatoms. The topological polar surface area (TPSA) is 129 Å². The predicted octanol–water partition coefficient (Wildman–Crippen LogP) is 0.353. The SMILES string of the molecule is CC1(C(=O)O)C=C(S(=O)(=O)O)CC(C)(C(=O)O)C1.[K]. The molecule has 1 rings (SSSR count). The van der Waals surface area contributed by atoms with Gasteiger partial charge in [0.2, 0.25) is 0 Å². The van der Waals surface area contributed by atoms with Crippen molar-refractivity contribution in [2.24, 2.45) is 10.8 Å². The molecular weight excluding hydrogens is 303 g/mol. The molecule has 3 N–H and O–H groups in total. The third-order valence-corrected chi connectivity index (χ3v) is 4.06. The van der Waals surface area contributed by atoms with Crippen LogP contribution in [0, 0.1) is 10.8 Å². The van der Waals surface area contributed by atoms with Crippen LogP contribution in [0.4, 0.5) is 0 Å². The third-order valence-electron chi connectivity index (χ3n) is 3.14. The Balaban J connectivity index is 0.00000324. The fourth-order valence-corrected chi connectivity index (χ4v) is 3.08. The standard InChI is InChI=1S/C10H14O7S.K/c1-9(7(11)12)3-6(18(15,16)17)4-10(2,5-9)8(13)14;/h3H,4-5H2,1-2H3,(H,11,12)(H,13,14)(H,15,16,17);. The van der Waals surface area contributed by atoms with Gasteiger partial charge < -0.3 is 10.2 Å². The van der Waals surface area contributed by atoms with E-state index >= 15 is 0 Å². The first kappa shape index (κ1) is 19.2. The summed E-state index contributed by atoms with van der Waals surface area (Å²) in [5.41, 5.74) is -3.19. The van der Waals surface area contributed by atoms with Crippen molar-refractivity contribution in [2.75, 3.05) is 0 Å². The summed E-state index contributed by atoms with van der Waals surface area (Å²) in [4.78, 5) is 21.7. The number of hydrogen-bond donors (Lipinski definition) is 3. The number of carbonyl (C=O) groups is 2. The zero-order valence-electron chi connectivity index (χ0n) is 10.9. The molecular formula is C10H14KO7S. The van der Waals surface area contributed by atoms with Crippen LogP contribution in [0.5, 0.6) is 0 Å². The molecule has 2 unspecified atom stereocenters. The van der Waals surface area contributed by atoms with Crippen LogP contribution in [-0.4, -0.2) is 86.5 Å². The second kappa shape index (κ2) is 5.92. The molecule has 1 radical (unpaired) electrons. The molecule has 0 saturated heterocycles. The molecule has 0 aromatic heterocycles. The van der Waals surface area contributed by atoms with E-state index in [4.69, 9.17) is 14.8 Å². The Morgan fingerprint density at radius 2 is 1.68 bits per heavy atom. The number of carboxylic acid groups (broad SMARTS) is 2. The maximum Gasteiger partial charge on any atom is 0.313 e. The van der Waals surface area contributed by atoms with Crippen LogP contribution in [-0.2, 0) is 19.7 Å². The van der Waals surface area contributed by atoms with Crippen molar-refractivity contribution in [1.82, 2.24) is 0 Å². The van der Waals surface area contributed by atoms with Gasteiger partial charge in [0.15, 0.2) is 0 Å². The van der Waals surface area contributed by atoms with E-state index in [1.165, 1.54) is 13.8 Å². The van der Waals surface area contributed by atoms with Crippen LogP contribution in [0.25, 0.3) is 0 Å². The van der Waals surface area contributed by atoms with Crippen LogP contribution in [0.3, 0.4) is 0 Å². The largest absolute Gasteiger partial charge is 0.481 e. The maximum absolute atomic E-state index is 11.2. The molecule has 0 bridgehead atoms. The number of rotatable bonds is 3. The van der Waals surface area contributed by atoms with E-state index in [0.29, 0.717) is 0 Å². The van der Waals surface area contributed by atoms with E-state index < -0.39 is 44.2 Å². The van der Waals surface area contributed by atoms with E-state index in [2.05, 4.69) is 0 Å². The fourth-order valence-electron chi connectivity index (χ4n) is 2.17. The Hall–Kier alpha value is 0.226. The quantitative estimate of drug-likeness (QED) is 0.506. The fraction of sp³-hybridized carbons (Fsp3) is 0.600. The van der Waals surface area contributed by atoms with Crippen molar-refractivity contribution in [3.8, 4) is 0 Å². The molecule has 0 fully saturated rings. The summed E-state index contributed by atoms with van der Waals surface area (Å²) < 4.78 is 31.2. The first-order valence-corrected chi connectivity index (χ1v) is 6.51. The monoisotopic (exact) mass is 317 g/mol. The van der Waals surface area contributed by atoms with Gasteiger partial charge in [-0.15, -0.1) is 0 Å². The Kier molecular flexibility index (Phi) is 5.99. The summed E-state index contributed by atoms with van der Waals surface area (Å²) in [6, 6.07) is 0. The van der Waals surface area contributed by atoms with Gasteiger partial charge in [-0.25, -0.2) is 0 Å². The summed E-state index contributed by atoms with van der Waals surface area (Å²) in [6.45, 7) is 2.48. The van der Waals surface area contributed by atoms with E-state index in [1.54, 1.807) is 0 Å². The van der Waals surface area contributed by atoms with Gasteiger partial charge in [-0.05, 0) is 20.3 Å². The van der Waals surface area contributed by atoms with E-state index in [-0.39, 0.29) is 57.8 Å². The van der Waals surface area contributed by atoms with Gasteiger partial charge in [0.1, 0.15) is 0 Å². The molecule has 0 heterocycles. The molecule has 0 saturated carbocycles. The first-order chi connectivity index (χ1) is 7.91. The summed E-state index contributed by atoms with van der Waals surface area (Å²) in [5.74, 6) is -2.64. The van der Waals surface area contributed by atoms with Gasteiger partial charge >= 0.3 is 11.9 Å². The minimum atomic E-state index is -4.60. The molecule has 0 aliphatic heterocycles. The van der Waals surface area contributed by atoms with Gasteiger partial charge in [0.05, 0.1) is 15.7 Å².